The molecule has 0 aliphatic heterocycles. The lowest BCUT2D eigenvalue weighted by Crippen LogP contribution is -1.86. The Morgan fingerprint density at radius 3 is 1.66 bits per heavy atom. The van der Waals surface area contributed by atoms with E-state index >= 15 is 0 Å². The van der Waals surface area contributed by atoms with Gasteiger partial charge in [-0.3, -0.25) is 0 Å². The zero-order chi connectivity index (χ0) is 21.3. The van der Waals surface area contributed by atoms with Crippen molar-refractivity contribution in [2.75, 3.05) is 0 Å². The van der Waals surface area contributed by atoms with Gasteiger partial charge in [0.05, 0.1) is 0 Å². The average molecular weight is 410 g/mol. The summed E-state index contributed by atoms with van der Waals surface area (Å²) < 4.78 is 0. The van der Waals surface area contributed by atoms with Crippen LogP contribution in [0.3, 0.4) is 0 Å². The summed E-state index contributed by atoms with van der Waals surface area (Å²) in [6, 6.07) is 39.0. The Balaban J connectivity index is 1.25. The summed E-state index contributed by atoms with van der Waals surface area (Å²) in [4.78, 5) is 3.57. The minimum atomic E-state index is 0.984. The molecule has 152 valence electrons. The van der Waals surface area contributed by atoms with Crippen LogP contribution in [0.25, 0.3) is 44.4 Å². The van der Waals surface area contributed by atoms with Crippen LogP contribution in [0, 0.1) is 0 Å². The number of benzene rings is 4. The number of H-pyrrole nitrogens is 1. The highest BCUT2D eigenvalue weighted by molar-refractivity contribution is 5.93. The Hall–Kier alpha value is -4.10. The molecule has 5 aromatic rings. The Labute approximate surface area is 188 Å². The smallest absolute Gasteiger partial charge is 0.0458 e. The molecule has 0 amide bonds. The van der Waals surface area contributed by atoms with E-state index in [-0.39, 0.29) is 0 Å². The van der Waals surface area contributed by atoms with Gasteiger partial charge in [0, 0.05) is 11.4 Å². The lowest BCUT2D eigenvalue weighted by molar-refractivity contribution is 1.39. The first-order chi connectivity index (χ1) is 15.8. The molecule has 0 bridgehead atoms. The lowest BCUT2D eigenvalue weighted by Gasteiger charge is -2.09. The molecular formula is C31H23N. The molecule has 1 aromatic heterocycles. The number of allylic oxidation sites excluding steroid dienone is 4. The van der Waals surface area contributed by atoms with Crippen LogP contribution in [0.4, 0.5) is 0 Å². The van der Waals surface area contributed by atoms with Gasteiger partial charge in [-0.1, -0.05) is 97.1 Å². The fourth-order valence-electron chi connectivity index (χ4n) is 4.54. The molecule has 0 fully saturated rings. The van der Waals surface area contributed by atoms with Crippen molar-refractivity contribution in [2.24, 2.45) is 0 Å². The van der Waals surface area contributed by atoms with Gasteiger partial charge in [-0.2, -0.15) is 0 Å². The van der Waals surface area contributed by atoms with Crippen molar-refractivity contribution in [1.82, 2.24) is 4.98 Å². The quantitative estimate of drug-likeness (QED) is 0.307. The van der Waals surface area contributed by atoms with Gasteiger partial charge in [-0.05, 0) is 74.9 Å². The molecule has 0 saturated heterocycles. The highest BCUT2D eigenvalue weighted by atomic mass is 14.7. The fraction of sp³-hybridized carbons (Fsp3) is 0.0323. The zero-order valence-corrected chi connectivity index (χ0v) is 17.8. The van der Waals surface area contributed by atoms with Crippen LogP contribution in [0.15, 0.2) is 121 Å². The van der Waals surface area contributed by atoms with E-state index in [2.05, 4.69) is 120 Å². The van der Waals surface area contributed by atoms with Crippen LogP contribution in [-0.4, -0.2) is 4.98 Å². The molecule has 0 radical (unpaired) electrons. The third-order valence-corrected chi connectivity index (χ3v) is 6.30. The monoisotopic (exact) mass is 409 g/mol. The molecule has 6 rings (SSSR count). The Morgan fingerprint density at radius 1 is 0.438 bits per heavy atom. The van der Waals surface area contributed by atoms with Gasteiger partial charge in [0.1, 0.15) is 0 Å². The highest BCUT2D eigenvalue weighted by Crippen LogP contribution is 2.35. The zero-order valence-electron chi connectivity index (χ0n) is 17.8. The first-order valence-corrected chi connectivity index (χ1v) is 11.1. The number of hydrogen-bond donors (Lipinski definition) is 1. The molecular weight excluding hydrogens is 386 g/mol. The fourth-order valence-corrected chi connectivity index (χ4v) is 4.54. The molecule has 1 nitrogen and oxygen atoms in total. The number of hydrogen-bond acceptors (Lipinski definition) is 0. The molecule has 1 N–H and O–H groups in total. The van der Waals surface area contributed by atoms with Crippen molar-refractivity contribution in [1.29, 1.82) is 0 Å². The molecule has 32 heavy (non-hydrogen) atoms. The van der Waals surface area contributed by atoms with E-state index in [1.807, 2.05) is 6.07 Å². The molecule has 1 heterocycles. The summed E-state index contributed by atoms with van der Waals surface area (Å²) in [5.74, 6) is 0. The van der Waals surface area contributed by atoms with Gasteiger partial charge < -0.3 is 4.98 Å². The van der Waals surface area contributed by atoms with E-state index in [9.17, 15) is 0 Å². The van der Waals surface area contributed by atoms with Gasteiger partial charge in [0.15, 0.2) is 0 Å². The van der Waals surface area contributed by atoms with Crippen LogP contribution in [0.1, 0.15) is 17.5 Å². The molecule has 1 aliphatic rings. The molecule has 0 spiro atoms. The lowest BCUT2D eigenvalue weighted by atomic mass is 9.96. The maximum absolute atomic E-state index is 3.57. The number of aromatic nitrogens is 1. The van der Waals surface area contributed by atoms with E-state index in [0.29, 0.717) is 0 Å². The highest BCUT2D eigenvalue weighted by Gasteiger charge is 2.13. The second kappa shape index (κ2) is 7.86. The summed E-state index contributed by atoms with van der Waals surface area (Å²) >= 11 is 0. The average Bonchev–Trinajstić information content (AvgIpc) is 3.55. The summed E-state index contributed by atoms with van der Waals surface area (Å²) in [5.41, 5.74) is 10.1. The Kier molecular flexibility index (Phi) is 4.58. The van der Waals surface area contributed by atoms with Gasteiger partial charge >= 0.3 is 0 Å². The largest absolute Gasteiger partial charge is 0.355 e. The molecule has 0 saturated carbocycles. The van der Waals surface area contributed by atoms with Crippen molar-refractivity contribution < 1.29 is 0 Å². The number of fused-ring (bicyclic) bond motifs is 1. The number of rotatable bonds is 4. The van der Waals surface area contributed by atoms with Gasteiger partial charge in [-0.15, -0.1) is 0 Å². The normalized spacial score (nSPS) is 13.2. The van der Waals surface area contributed by atoms with E-state index in [1.165, 1.54) is 44.2 Å². The van der Waals surface area contributed by atoms with Crippen LogP contribution in [0.2, 0.25) is 0 Å². The van der Waals surface area contributed by atoms with Crippen molar-refractivity contribution >= 4 is 21.9 Å². The Bertz CT molecular complexity index is 1470. The van der Waals surface area contributed by atoms with Gasteiger partial charge in [-0.25, -0.2) is 0 Å². The number of nitrogens with one attached hydrogen (secondary N) is 1. The van der Waals surface area contributed by atoms with Crippen LogP contribution in [-0.2, 0) is 0 Å². The first kappa shape index (κ1) is 18.7. The van der Waals surface area contributed by atoms with Gasteiger partial charge in [0.25, 0.3) is 0 Å². The molecule has 4 aromatic carbocycles. The van der Waals surface area contributed by atoms with E-state index in [1.54, 1.807) is 0 Å². The summed E-state index contributed by atoms with van der Waals surface area (Å²) in [7, 11) is 0. The third kappa shape index (κ3) is 3.48. The maximum Gasteiger partial charge on any atom is 0.0458 e. The SMILES string of the molecule is C1=C(c2ccccc2)CC(c2ccc3cc(-c4ccc(-c5ccccc5)[nH]4)ccc3c2)=C1. The Morgan fingerprint density at radius 2 is 0.969 bits per heavy atom. The molecule has 1 heteroatoms. The van der Waals surface area contributed by atoms with Crippen LogP contribution >= 0.6 is 0 Å². The summed E-state index contributed by atoms with van der Waals surface area (Å²) in [6.07, 6.45) is 5.51. The predicted octanol–water partition coefficient (Wildman–Crippen LogP) is 8.37. The molecule has 0 atom stereocenters. The topological polar surface area (TPSA) is 15.8 Å². The van der Waals surface area contributed by atoms with Crippen LogP contribution in [0.5, 0.6) is 0 Å². The van der Waals surface area contributed by atoms with Crippen LogP contribution < -0.4 is 0 Å². The minimum absolute atomic E-state index is 0.984. The summed E-state index contributed by atoms with van der Waals surface area (Å²) in [5, 5.41) is 2.53. The van der Waals surface area contributed by atoms with E-state index in [4.69, 9.17) is 0 Å². The number of aromatic amines is 1. The van der Waals surface area contributed by atoms with Crippen molar-refractivity contribution in [3.05, 3.63) is 132 Å². The predicted molar refractivity (Wildman–Crippen MR) is 136 cm³/mol. The van der Waals surface area contributed by atoms with Crippen molar-refractivity contribution in [2.45, 2.75) is 6.42 Å². The maximum atomic E-state index is 3.57. The summed E-state index contributed by atoms with van der Waals surface area (Å²) in [6.45, 7) is 0. The molecule has 1 aliphatic carbocycles. The minimum Gasteiger partial charge on any atom is -0.355 e. The van der Waals surface area contributed by atoms with E-state index < -0.39 is 0 Å². The van der Waals surface area contributed by atoms with Gasteiger partial charge in [0.2, 0.25) is 0 Å². The molecule has 0 unspecified atom stereocenters. The van der Waals surface area contributed by atoms with Crippen molar-refractivity contribution in [3.8, 4) is 22.5 Å². The van der Waals surface area contributed by atoms with Crippen molar-refractivity contribution in [3.63, 3.8) is 0 Å². The second-order valence-electron chi connectivity index (χ2n) is 8.36. The third-order valence-electron chi connectivity index (χ3n) is 6.30. The van der Waals surface area contributed by atoms with E-state index in [0.717, 1.165) is 17.8 Å². The standard InChI is InChI=1S/C31H23N/c1-3-7-22(8-4-1)24-11-12-25(19-24)26-13-14-28-21-29(16-15-27(28)20-26)31-18-17-30(32-31)23-9-5-2-6-10-23/h1-18,20-21,32H,19H2. The second-order valence-corrected chi connectivity index (χ2v) is 8.36. The first-order valence-electron chi connectivity index (χ1n) is 11.1.